The summed E-state index contributed by atoms with van der Waals surface area (Å²) in [6.45, 7) is 0.599. The number of likely N-dealkylation sites (N-methyl/N-ethyl adjacent to an activating group) is 2. The normalized spacial score (nSPS) is 14.9. The van der Waals surface area contributed by atoms with Crippen molar-refractivity contribution in [1.29, 1.82) is 0 Å². The van der Waals surface area contributed by atoms with Gasteiger partial charge in [-0.15, -0.1) is 0 Å². The fourth-order valence-electron chi connectivity index (χ4n) is 4.25. The smallest absolute Gasteiger partial charge is 0.240 e. The predicted octanol–water partition coefficient (Wildman–Crippen LogP) is 3.67. The van der Waals surface area contributed by atoms with Crippen LogP contribution >= 0.6 is 12.2 Å². The number of hydrogen-bond donors (Lipinski definition) is 3. The Labute approximate surface area is 207 Å². The molecular formula is C28H34N4OS. The lowest BCUT2D eigenvalue weighted by molar-refractivity contribution is -0.134. The van der Waals surface area contributed by atoms with Gasteiger partial charge in [-0.05, 0) is 66.8 Å². The Kier molecular flexibility index (Phi) is 8.14. The molecule has 0 radical (unpaired) electrons. The van der Waals surface area contributed by atoms with E-state index in [2.05, 4.69) is 58.4 Å². The molecule has 0 saturated heterocycles. The highest BCUT2D eigenvalue weighted by molar-refractivity contribution is 7.80. The summed E-state index contributed by atoms with van der Waals surface area (Å²) in [6, 6.07) is 25.2. The zero-order valence-electron chi connectivity index (χ0n) is 20.0. The summed E-state index contributed by atoms with van der Waals surface area (Å²) < 4.78 is 0. The van der Waals surface area contributed by atoms with Gasteiger partial charge in [-0.3, -0.25) is 4.79 Å². The first-order valence-corrected chi connectivity index (χ1v) is 12.4. The molecule has 1 fully saturated rings. The van der Waals surface area contributed by atoms with Crippen LogP contribution in [0.25, 0.3) is 10.8 Å². The van der Waals surface area contributed by atoms with Crippen LogP contribution in [0, 0.1) is 0 Å². The average molecular weight is 475 g/mol. The van der Waals surface area contributed by atoms with Crippen LogP contribution in [-0.2, 0) is 17.6 Å². The standard InChI is InChI=1S/C28H34N4OS/c1-29-26(18-21-12-13-22-10-6-7-11-23(22)16-21)27(33)32(2)25(17-20-8-4-3-5-9-20)19-30-28(34)31-24-14-15-24/h3-13,16,24-26,29H,14-15,17-19H2,1-2H3,(H2,30,31,34)/t25-,26-/m1/s1. The molecule has 0 unspecified atom stereocenters. The maximum Gasteiger partial charge on any atom is 0.240 e. The number of carbonyl (C=O) groups excluding carboxylic acids is 1. The molecular weight excluding hydrogens is 440 g/mol. The van der Waals surface area contributed by atoms with Crippen molar-refractivity contribution in [2.45, 2.75) is 43.8 Å². The van der Waals surface area contributed by atoms with E-state index >= 15 is 0 Å². The average Bonchev–Trinajstić information content (AvgIpc) is 3.68. The van der Waals surface area contributed by atoms with E-state index in [4.69, 9.17) is 12.2 Å². The molecule has 0 aliphatic heterocycles. The molecule has 178 valence electrons. The molecule has 3 N–H and O–H groups in total. The zero-order valence-corrected chi connectivity index (χ0v) is 20.8. The summed E-state index contributed by atoms with van der Waals surface area (Å²) >= 11 is 5.47. The zero-order chi connectivity index (χ0) is 23.9. The molecule has 2 atom stereocenters. The summed E-state index contributed by atoms with van der Waals surface area (Å²) in [6.07, 6.45) is 3.74. The first kappa shape index (κ1) is 24.2. The van der Waals surface area contributed by atoms with Crippen LogP contribution in [0.4, 0.5) is 0 Å². The van der Waals surface area contributed by atoms with Crippen molar-refractivity contribution in [3.8, 4) is 0 Å². The highest BCUT2D eigenvalue weighted by Gasteiger charge is 2.27. The fourth-order valence-corrected chi connectivity index (χ4v) is 4.50. The van der Waals surface area contributed by atoms with Gasteiger partial charge >= 0.3 is 0 Å². The molecule has 1 saturated carbocycles. The van der Waals surface area contributed by atoms with Crippen LogP contribution < -0.4 is 16.0 Å². The van der Waals surface area contributed by atoms with Crippen molar-refractivity contribution in [2.75, 3.05) is 20.6 Å². The van der Waals surface area contributed by atoms with Crippen LogP contribution in [0.15, 0.2) is 72.8 Å². The molecule has 34 heavy (non-hydrogen) atoms. The monoisotopic (exact) mass is 474 g/mol. The van der Waals surface area contributed by atoms with Gasteiger partial charge in [-0.1, -0.05) is 72.8 Å². The van der Waals surface area contributed by atoms with E-state index in [1.807, 2.05) is 49.3 Å². The largest absolute Gasteiger partial charge is 0.361 e. The first-order valence-electron chi connectivity index (χ1n) is 12.0. The highest BCUT2D eigenvalue weighted by Crippen LogP contribution is 2.19. The quantitative estimate of drug-likeness (QED) is 0.392. The summed E-state index contributed by atoms with van der Waals surface area (Å²) in [5.41, 5.74) is 2.35. The van der Waals surface area contributed by atoms with Crippen molar-refractivity contribution < 1.29 is 4.79 Å². The molecule has 5 nitrogen and oxygen atoms in total. The Morgan fingerprint density at radius 3 is 2.38 bits per heavy atom. The fraction of sp³-hybridized carbons (Fsp3) is 0.357. The van der Waals surface area contributed by atoms with Crippen molar-refractivity contribution in [3.05, 3.63) is 83.9 Å². The maximum atomic E-state index is 13.6. The molecule has 0 heterocycles. The Hall–Kier alpha value is -2.96. The number of nitrogens with one attached hydrogen (secondary N) is 3. The van der Waals surface area contributed by atoms with Crippen LogP contribution in [0.1, 0.15) is 24.0 Å². The number of carbonyl (C=O) groups is 1. The van der Waals surface area contributed by atoms with Gasteiger partial charge in [0.05, 0.1) is 12.1 Å². The Morgan fingerprint density at radius 1 is 0.971 bits per heavy atom. The van der Waals surface area contributed by atoms with Crippen LogP contribution in [0.2, 0.25) is 0 Å². The van der Waals surface area contributed by atoms with Gasteiger partial charge in [0.1, 0.15) is 0 Å². The number of benzene rings is 3. The van der Waals surface area contributed by atoms with Gasteiger partial charge < -0.3 is 20.9 Å². The predicted molar refractivity (Wildman–Crippen MR) is 144 cm³/mol. The van der Waals surface area contributed by atoms with Gasteiger partial charge in [0, 0.05) is 19.6 Å². The second-order valence-electron chi connectivity index (χ2n) is 9.15. The number of amides is 1. The highest BCUT2D eigenvalue weighted by atomic mass is 32.1. The summed E-state index contributed by atoms with van der Waals surface area (Å²) in [4.78, 5) is 15.5. The molecule has 3 aromatic carbocycles. The molecule has 6 heteroatoms. The second-order valence-corrected chi connectivity index (χ2v) is 9.56. The van der Waals surface area contributed by atoms with Gasteiger partial charge in [0.15, 0.2) is 5.11 Å². The van der Waals surface area contributed by atoms with E-state index in [9.17, 15) is 4.79 Å². The molecule has 3 aromatic rings. The van der Waals surface area contributed by atoms with E-state index in [1.165, 1.54) is 29.2 Å². The molecule has 1 aliphatic rings. The van der Waals surface area contributed by atoms with E-state index in [1.54, 1.807) is 0 Å². The topological polar surface area (TPSA) is 56.4 Å². The number of fused-ring (bicyclic) bond motifs is 1. The number of thiocarbonyl (C=S) groups is 1. The molecule has 1 amide bonds. The van der Waals surface area contributed by atoms with Gasteiger partial charge in [0.25, 0.3) is 0 Å². The lowest BCUT2D eigenvalue weighted by Gasteiger charge is -2.32. The Morgan fingerprint density at radius 2 is 1.68 bits per heavy atom. The van der Waals surface area contributed by atoms with Gasteiger partial charge in [0.2, 0.25) is 5.91 Å². The maximum absolute atomic E-state index is 13.6. The van der Waals surface area contributed by atoms with Crippen LogP contribution in [0.5, 0.6) is 0 Å². The van der Waals surface area contributed by atoms with Gasteiger partial charge in [-0.2, -0.15) is 0 Å². The lowest BCUT2D eigenvalue weighted by atomic mass is 9.99. The molecule has 4 rings (SSSR count). The molecule has 0 aromatic heterocycles. The van der Waals surface area contributed by atoms with E-state index in [0.29, 0.717) is 24.1 Å². The van der Waals surface area contributed by atoms with E-state index in [-0.39, 0.29) is 18.0 Å². The minimum Gasteiger partial charge on any atom is -0.361 e. The third-order valence-electron chi connectivity index (χ3n) is 6.52. The van der Waals surface area contributed by atoms with Crippen LogP contribution in [0.3, 0.4) is 0 Å². The van der Waals surface area contributed by atoms with Crippen molar-refractivity contribution in [3.63, 3.8) is 0 Å². The van der Waals surface area contributed by atoms with Crippen molar-refractivity contribution in [2.24, 2.45) is 0 Å². The number of nitrogens with zero attached hydrogens (tertiary/aromatic N) is 1. The van der Waals surface area contributed by atoms with Gasteiger partial charge in [-0.25, -0.2) is 0 Å². The SMILES string of the molecule is CN[C@H](Cc1ccc2ccccc2c1)C(=O)N(C)[C@@H](CNC(=S)NC1CC1)Cc1ccccc1. The third kappa shape index (κ3) is 6.55. The minimum absolute atomic E-state index is 0.0266. The van der Waals surface area contributed by atoms with Crippen LogP contribution in [-0.4, -0.2) is 54.7 Å². The van der Waals surface area contributed by atoms with E-state index < -0.39 is 0 Å². The number of hydrogen-bond acceptors (Lipinski definition) is 3. The van der Waals surface area contributed by atoms with Crippen molar-refractivity contribution in [1.82, 2.24) is 20.9 Å². The summed E-state index contributed by atoms with van der Waals surface area (Å²) in [5, 5.41) is 13.0. The Bertz CT molecular complexity index is 1120. The third-order valence-corrected chi connectivity index (χ3v) is 6.78. The summed E-state index contributed by atoms with van der Waals surface area (Å²) in [5.74, 6) is 0.0828. The molecule has 1 aliphatic carbocycles. The molecule has 0 bridgehead atoms. The first-order chi connectivity index (χ1) is 16.5. The minimum atomic E-state index is -0.305. The second kappa shape index (κ2) is 11.4. The molecule has 0 spiro atoms. The van der Waals surface area contributed by atoms with Crippen molar-refractivity contribution >= 4 is 34.0 Å². The Balaban J connectivity index is 1.45. The lowest BCUT2D eigenvalue weighted by Crippen LogP contribution is -2.53. The summed E-state index contributed by atoms with van der Waals surface area (Å²) in [7, 11) is 3.76. The number of rotatable bonds is 10. The van der Waals surface area contributed by atoms with E-state index in [0.717, 1.165) is 12.0 Å².